The van der Waals surface area contributed by atoms with Crippen LogP contribution >= 0.6 is 11.6 Å². The van der Waals surface area contributed by atoms with Gasteiger partial charge in [0.05, 0.1) is 25.7 Å². The molecule has 0 saturated carbocycles. The molecule has 0 saturated heterocycles. The molecule has 0 amide bonds. The fourth-order valence-corrected chi connectivity index (χ4v) is 5.84. The predicted molar refractivity (Wildman–Crippen MR) is 148 cm³/mol. The number of carbonyl (C=O) groups is 3. The van der Waals surface area contributed by atoms with E-state index in [1.54, 1.807) is 29.2 Å². The van der Waals surface area contributed by atoms with Gasteiger partial charge in [0.2, 0.25) is 0 Å². The zero-order valence-electron chi connectivity index (χ0n) is 21.5. The average Bonchev–Trinajstić information content (AvgIpc) is 2.96. The smallest absolute Gasteiger partial charge is 0.338 e. The van der Waals surface area contributed by atoms with E-state index in [2.05, 4.69) is 0 Å². The number of hydrogen-bond acceptors (Lipinski definition) is 7. The highest BCUT2D eigenvalue weighted by Gasteiger charge is 2.51. The molecule has 198 valence electrons. The van der Waals surface area contributed by atoms with Crippen molar-refractivity contribution in [2.45, 2.75) is 18.3 Å². The molecule has 0 spiro atoms. The lowest BCUT2D eigenvalue weighted by Gasteiger charge is -2.44. The zero-order valence-corrected chi connectivity index (χ0v) is 22.2. The number of nitrogens with zero attached hydrogens (tertiary/aromatic N) is 1. The number of anilines is 1. The average molecular weight is 543 g/mol. The van der Waals surface area contributed by atoms with Crippen molar-refractivity contribution in [1.29, 1.82) is 0 Å². The fourth-order valence-electron chi connectivity index (χ4n) is 5.64. The molecule has 0 bridgehead atoms. The lowest BCUT2D eigenvalue weighted by molar-refractivity contribution is -0.150. The Kier molecular flexibility index (Phi) is 7.26. The van der Waals surface area contributed by atoms with E-state index in [9.17, 15) is 14.4 Å². The van der Waals surface area contributed by atoms with E-state index in [1.165, 1.54) is 14.2 Å². The third kappa shape index (κ3) is 4.59. The van der Waals surface area contributed by atoms with Gasteiger partial charge in [0.25, 0.3) is 0 Å². The first-order valence-electron chi connectivity index (χ1n) is 12.5. The Morgan fingerprint density at radius 2 is 1.54 bits per heavy atom. The van der Waals surface area contributed by atoms with E-state index in [-0.39, 0.29) is 11.4 Å². The molecule has 2 aliphatic rings. The maximum Gasteiger partial charge on any atom is 0.338 e. The summed E-state index contributed by atoms with van der Waals surface area (Å²) in [5.74, 6) is -4.14. The van der Waals surface area contributed by atoms with Crippen molar-refractivity contribution >= 4 is 35.0 Å². The van der Waals surface area contributed by atoms with Gasteiger partial charge in [-0.2, -0.15) is 0 Å². The van der Waals surface area contributed by atoms with Gasteiger partial charge in [0.1, 0.15) is 11.7 Å². The van der Waals surface area contributed by atoms with Crippen molar-refractivity contribution < 1.29 is 23.9 Å². The van der Waals surface area contributed by atoms with Gasteiger partial charge in [-0.05, 0) is 41.8 Å². The van der Waals surface area contributed by atoms with Crippen LogP contribution in [-0.2, 0) is 23.9 Å². The molecule has 8 heteroatoms. The summed E-state index contributed by atoms with van der Waals surface area (Å²) < 4.78 is 10.3. The molecule has 0 radical (unpaired) electrons. The van der Waals surface area contributed by atoms with Crippen molar-refractivity contribution in [3.05, 3.63) is 124 Å². The minimum atomic E-state index is -1.12. The standard InChI is InChI=1S/C31H27ClN2O5/c1-38-30(36)25-22(18-10-5-3-6-11-18)17-23-26(28(25)35)24(19-12-9-13-20(32)16-19)27(31(37)39-2)29(33)34(23)21-14-7-4-8-15-21/h3-16,22,24-25H,17,33H2,1-2H3/t22-,24-,25-/m0/s1. The van der Waals surface area contributed by atoms with Gasteiger partial charge in [-0.15, -0.1) is 0 Å². The second kappa shape index (κ2) is 10.8. The minimum Gasteiger partial charge on any atom is -0.468 e. The molecule has 1 heterocycles. The van der Waals surface area contributed by atoms with E-state index < -0.39 is 35.5 Å². The third-order valence-electron chi connectivity index (χ3n) is 7.32. The van der Waals surface area contributed by atoms with Gasteiger partial charge in [-0.1, -0.05) is 72.3 Å². The van der Waals surface area contributed by atoms with Crippen LogP contribution in [0.1, 0.15) is 29.4 Å². The molecule has 0 fully saturated rings. The number of Topliss-reactive ketones (excluding diaryl/α,β-unsaturated/α-hetero) is 1. The van der Waals surface area contributed by atoms with Crippen molar-refractivity contribution in [3.8, 4) is 0 Å². The number of esters is 2. The molecule has 1 aliphatic heterocycles. The molecule has 0 aromatic heterocycles. The molecule has 7 nitrogen and oxygen atoms in total. The van der Waals surface area contributed by atoms with Crippen LogP contribution in [0.15, 0.2) is 108 Å². The molecule has 2 N–H and O–H groups in total. The maximum atomic E-state index is 14.5. The summed E-state index contributed by atoms with van der Waals surface area (Å²) in [6.45, 7) is 0. The fraction of sp³-hybridized carbons (Fsp3) is 0.194. The van der Waals surface area contributed by atoms with Gasteiger partial charge in [-0.25, -0.2) is 4.79 Å². The Labute approximate surface area is 231 Å². The number of hydrogen-bond donors (Lipinski definition) is 1. The molecule has 3 aromatic carbocycles. The van der Waals surface area contributed by atoms with E-state index in [1.807, 2.05) is 60.7 Å². The number of ether oxygens (including phenoxy) is 2. The van der Waals surface area contributed by atoms with E-state index in [4.69, 9.17) is 26.8 Å². The molecule has 5 rings (SSSR count). The number of allylic oxidation sites excluding steroid dienone is 2. The number of para-hydroxylation sites is 1. The van der Waals surface area contributed by atoms with Crippen molar-refractivity contribution in [2.75, 3.05) is 19.1 Å². The number of nitrogens with two attached hydrogens (primary N) is 1. The van der Waals surface area contributed by atoms with Crippen LogP contribution in [0.25, 0.3) is 0 Å². The summed E-state index contributed by atoms with van der Waals surface area (Å²) >= 11 is 6.35. The highest BCUT2D eigenvalue weighted by Crippen LogP contribution is 2.51. The third-order valence-corrected chi connectivity index (χ3v) is 7.56. The van der Waals surface area contributed by atoms with Crippen molar-refractivity contribution in [2.24, 2.45) is 11.7 Å². The number of ketones is 1. The lowest BCUT2D eigenvalue weighted by atomic mass is 9.67. The van der Waals surface area contributed by atoms with Crippen LogP contribution in [0.3, 0.4) is 0 Å². The summed E-state index contributed by atoms with van der Waals surface area (Å²) in [6.07, 6.45) is 0.298. The Bertz CT molecular complexity index is 1500. The molecule has 39 heavy (non-hydrogen) atoms. The summed E-state index contributed by atoms with van der Waals surface area (Å²) in [4.78, 5) is 42.8. The Morgan fingerprint density at radius 1 is 0.897 bits per heavy atom. The van der Waals surface area contributed by atoms with Gasteiger partial charge < -0.3 is 15.2 Å². The Balaban J connectivity index is 1.83. The van der Waals surface area contributed by atoms with Crippen LogP contribution in [-0.4, -0.2) is 31.9 Å². The highest BCUT2D eigenvalue weighted by atomic mass is 35.5. The Morgan fingerprint density at radius 3 is 2.15 bits per heavy atom. The van der Waals surface area contributed by atoms with Crippen LogP contribution in [0.5, 0.6) is 0 Å². The number of carbonyl (C=O) groups excluding carboxylic acids is 3. The molecule has 1 aliphatic carbocycles. The van der Waals surface area contributed by atoms with Gasteiger partial charge in [0, 0.05) is 27.9 Å². The number of rotatable bonds is 5. The van der Waals surface area contributed by atoms with Gasteiger partial charge >= 0.3 is 11.9 Å². The first-order chi connectivity index (χ1) is 18.9. The second-order valence-electron chi connectivity index (χ2n) is 9.40. The second-order valence-corrected chi connectivity index (χ2v) is 9.83. The molecule has 0 unspecified atom stereocenters. The minimum absolute atomic E-state index is 0.0949. The van der Waals surface area contributed by atoms with E-state index >= 15 is 0 Å². The summed E-state index contributed by atoms with van der Waals surface area (Å²) in [5, 5.41) is 0.429. The first-order valence-corrected chi connectivity index (χ1v) is 12.8. The summed E-state index contributed by atoms with van der Waals surface area (Å²) in [5.41, 5.74) is 9.86. The zero-order chi connectivity index (χ0) is 27.7. The summed E-state index contributed by atoms with van der Waals surface area (Å²) in [7, 11) is 2.53. The van der Waals surface area contributed by atoms with Crippen LogP contribution in [0, 0.1) is 5.92 Å². The quantitative estimate of drug-likeness (QED) is 0.354. The molecule has 3 atom stereocenters. The van der Waals surface area contributed by atoms with Crippen LogP contribution in [0.4, 0.5) is 5.69 Å². The predicted octanol–water partition coefficient (Wildman–Crippen LogP) is 5.09. The van der Waals surface area contributed by atoms with Crippen LogP contribution < -0.4 is 10.6 Å². The Hall–Kier alpha value is -4.36. The maximum absolute atomic E-state index is 14.5. The monoisotopic (exact) mass is 542 g/mol. The summed E-state index contributed by atoms with van der Waals surface area (Å²) in [6, 6.07) is 25.6. The van der Waals surface area contributed by atoms with Gasteiger partial charge in [0.15, 0.2) is 5.78 Å². The number of methoxy groups -OCH3 is 2. The topological polar surface area (TPSA) is 98.9 Å². The van der Waals surface area contributed by atoms with Crippen molar-refractivity contribution in [1.82, 2.24) is 0 Å². The SMILES string of the molecule is COC(=O)C1=C(N)N(c2ccccc2)C2=C(C(=O)[C@@H](C(=O)OC)[C@H](c3ccccc3)C2)[C@@H]1c1cccc(Cl)c1. The van der Waals surface area contributed by atoms with Crippen molar-refractivity contribution in [3.63, 3.8) is 0 Å². The highest BCUT2D eigenvalue weighted by molar-refractivity contribution is 6.30. The molecular formula is C31H27ClN2O5. The molecule has 3 aromatic rings. The normalized spacial score (nSPS) is 20.9. The van der Waals surface area contributed by atoms with E-state index in [0.29, 0.717) is 34.0 Å². The first kappa shape index (κ1) is 26.3. The van der Waals surface area contributed by atoms with Crippen LogP contribution in [0.2, 0.25) is 5.02 Å². The lowest BCUT2D eigenvalue weighted by Crippen LogP contribution is -2.46. The molecular weight excluding hydrogens is 516 g/mol. The van der Waals surface area contributed by atoms with E-state index in [0.717, 1.165) is 5.56 Å². The van der Waals surface area contributed by atoms with Gasteiger partial charge in [-0.3, -0.25) is 14.5 Å². The number of benzene rings is 3. The largest absolute Gasteiger partial charge is 0.468 e. The number of halogens is 1.